The summed E-state index contributed by atoms with van der Waals surface area (Å²) in [6.07, 6.45) is 1.90. The maximum absolute atomic E-state index is 12.0. The van der Waals surface area contributed by atoms with Gasteiger partial charge in [-0.05, 0) is 24.5 Å². The van der Waals surface area contributed by atoms with Crippen molar-refractivity contribution in [2.75, 3.05) is 13.1 Å². The zero-order valence-electron chi connectivity index (χ0n) is 11.2. The van der Waals surface area contributed by atoms with Crippen LogP contribution in [-0.4, -0.2) is 29.0 Å². The summed E-state index contributed by atoms with van der Waals surface area (Å²) in [6.45, 7) is 4.28. The molecule has 0 aliphatic carbocycles. The summed E-state index contributed by atoms with van der Waals surface area (Å²) >= 11 is 0. The molecule has 1 aromatic carbocycles. The monoisotopic (exact) mass is 257 g/mol. The van der Waals surface area contributed by atoms with Gasteiger partial charge in [-0.1, -0.05) is 25.1 Å². The molecule has 2 aromatic rings. The molecule has 3 rings (SSSR count). The number of fused-ring (bicyclic) bond motifs is 3. The van der Waals surface area contributed by atoms with Crippen molar-refractivity contribution in [3.8, 4) is 0 Å². The number of nitrogens with zero attached hydrogens (tertiary/aromatic N) is 1. The molecule has 2 N–H and O–H groups in total. The Morgan fingerprint density at radius 3 is 3.11 bits per heavy atom. The highest BCUT2D eigenvalue weighted by Gasteiger charge is 2.23. The zero-order chi connectivity index (χ0) is 13.2. The lowest BCUT2D eigenvalue weighted by Gasteiger charge is -2.27. The summed E-state index contributed by atoms with van der Waals surface area (Å²) < 4.78 is 0. The smallest absolute Gasteiger partial charge is 0.317 e. The fraction of sp³-hybridized carbons (Fsp3) is 0.400. The first-order chi connectivity index (χ1) is 9.29. The summed E-state index contributed by atoms with van der Waals surface area (Å²) in [5, 5.41) is 4.24. The largest absolute Gasteiger partial charge is 0.357 e. The van der Waals surface area contributed by atoms with Crippen molar-refractivity contribution in [3.05, 3.63) is 35.5 Å². The summed E-state index contributed by atoms with van der Waals surface area (Å²) in [6, 6.07) is 8.39. The Balaban J connectivity index is 1.82. The second kappa shape index (κ2) is 4.96. The van der Waals surface area contributed by atoms with E-state index < -0.39 is 0 Å². The van der Waals surface area contributed by atoms with Gasteiger partial charge < -0.3 is 15.2 Å². The van der Waals surface area contributed by atoms with Gasteiger partial charge in [-0.15, -0.1) is 0 Å². The highest BCUT2D eigenvalue weighted by Crippen LogP contribution is 2.27. The summed E-state index contributed by atoms with van der Waals surface area (Å²) in [4.78, 5) is 17.3. The molecule has 100 valence electrons. The minimum atomic E-state index is 0.0474. The maximum Gasteiger partial charge on any atom is 0.317 e. The van der Waals surface area contributed by atoms with E-state index >= 15 is 0 Å². The molecule has 0 unspecified atom stereocenters. The van der Waals surface area contributed by atoms with Crippen LogP contribution in [0.1, 0.15) is 24.6 Å². The fourth-order valence-electron chi connectivity index (χ4n) is 2.71. The molecule has 0 radical (unpaired) electrons. The third kappa shape index (κ3) is 2.18. The number of para-hydroxylation sites is 1. The highest BCUT2D eigenvalue weighted by atomic mass is 16.2. The van der Waals surface area contributed by atoms with E-state index in [0.717, 1.165) is 25.9 Å². The number of hydrogen-bond donors (Lipinski definition) is 2. The second-order valence-electron chi connectivity index (χ2n) is 5.03. The van der Waals surface area contributed by atoms with Crippen LogP contribution in [0.5, 0.6) is 0 Å². The van der Waals surface area contributed by atoms with E-state index in [4.69, 9.17) is 0 Å². The van der Waals surface area contributed by atoms with Gasteiger partial charge in [0.2, 0.25) is 0 Å². The minimum Gasteiger partial charge on any atom is -0.357 e. The summed E-state index contributed by atoms with van der Waals surface area (Å²) in [7, 11) is 0. The van der Waals surface area contributed by atoms with Crippen LogP contribution < -0.4 is 5.32 Å². The summed E-state index contributed by atoms with van der Waals surface area (Å²) in [5.41, 5.74) is 3.72. The number of hydrogen-bond acceptors (Lipinski definition) is 1. The molecule has 0 bridgehead atoms. The molecule has 1 aromatic heterocycles. The van der Waals surface area contributed by atoms with Crippen molar-refractivity contribution in [1.29, 1.82) is 0 Å². The van der Waals surface area contributed by atoms with Crippen molar-refractivity contribution in [2.45, 2.75) is 26.3 Å². The molecule has 0 fully saturated rings. The van der Waals surface area contributed by atoms with Crippen molar-refractivity contribution in [2.24, 2.45) is 0 Å². The van der Waals surface area contributed by atoms with Crippen LogP contribution in [0, 0.1) is 0 Å². The Morgan fingerprint density at radius 1 is 1.42 bits per heavy atom. The lowest BCUT2D eigenvalue weighted by Crippen LogP contribution is -2.42. The first kappa shape index (κ1) is 12.1. The number of carbonyl (C=O) groups excluding carboxylic acids is 1. The molecule has 1 aliphatic heterocycles. The first-order valence-corrected chi connectivity index (χ1v) is 6.91. The van der Waals surface area contributed by atoms with Gasteiger partial charge in [-0.3, -0.25) is 0 Å². The quantitative estimate of drug-likeness (QED) is 0.853. The van der Waals surface area contributed by atoms with Crippen molar-refractivity contribution in [1.82, 2.24) is 15.2 Å². The number of nitrogens with one attached hydrogen (secondary N) is 2. The van der Waals surface area contributed by atoms with Crippen LogP contribution in [-0.2, 0) is 13.0 Å². The minimum absolute atomic E-state index is 0.0474. The predicted octanol–water partition coefficient (Wildman–Crippen LogP) is 2.65. The predicted molar refractivity (Wildman–Crippen MR) is 76.1 cm³/mol. The Labute approximate surface area is 112 Å². The first-order valence-electron chi connectivity index (χ1n) is 6.91. The fourth-order valence-corrected chi connectivity index (χ4v) is 2.71. The molecule has 2 heterocycles. The van der Waals surface area contributed by atoms with Gasteiger partial charge in [0.1, 0.15) is 0 Å². The van der Waals surface area contributed by atoms with Crippen LogP contribution >= 0.6 is 0 Å². The number of urea groups is 1. The average Bonchev–Trinajstić information content (AvgIpc) is 2.82. The molecule has 4 nitrogen and oxygen atoms in total. The van der Waals surface area contributed by atoms with Crippen LogP contribution in [0.25, 0.3) is 10.9 Å². The Bertz CT molecular complexity index is 602. The van der Waals surface area contributed by atoms with Gasteiger partial charge in [0.15, 0.2) is 0 Å². The summed E-state index contributed by atoms with van der Waals surface area (Å²) in [5.74, 6) is 0. The molecule has 0 spiro atoms. The van der Waals surface area contributed by atoms with Gasteiger partial charge in [0, 0.05) is 29.7 Å². The lowest BCUT2D eigenvalue weighted by molar-refractivity contribution is 0.192. The zero-order valence-corrected chi connectivity index (χ0v) is 11.2. The Morgan fingerprint density at radius 2 is 2.26 bits per heavy atom. The third-order valence-corrected chi connectivity index (χ3v) is 3.70. The standard InChI is InChI=1S/C15H19N3O/c1-2-8-16-15(19)18-9-7-12-11-5-3-4-6-13(11)17-14(12)10-18/h3-6,17H,2,7-10H2,1H3,(H,16,19). The van der Waals surface area contributed by atoms with Gasteiger partial charge in [0.25, 0.3) is 0 Å². The number of aromatic nitrogens is 1. The Hall–Kier alpha value is -1.97. The van der Waals surface area contributed by atoms with Gasteiger partial charge in [-0.2, -0.15) is 0 Å². The molecule has 0 saturated heterocycles. The van der Waals surface area contributed by atoms with E-state index in [9.17, 15) is 4.79 Å². The Kier molecular flexibility index (Phi) is 3.15. The molecule has 4 heteroatoms. The molecule has 0 atom stereocenters. The third-order valence-electron chi connectivity index (χ3n) is 3.70. The normalized spacial score (nSPS) is 14.5. The topological polar surface area (TPSA) is 48.1 Å². The number of H-pyrrole nitrogens is 1. The van der Waals surface area contributed by atoms with Crippen molar-refractivity contribution in [3.63, 3.8) is 0 Å². The molecular formula is C15H19N3O. The SMILES string of the molecule is CCCNC(=O)N1CCc2c([nH]c3ccccc23)C1. The molecule has 1 aliphatic rings. The molecular weight excluding hydrogens is 238 g/mol. The highest BCUT2D eigenvalue weighted by molar-refractivity contribution is 5.85. The van der Waals surface area contributed by atoms with Crippen LogP contribution in [0.15, 0.2) is 24.3 Å². The maximum atomic E-state index is 12.0. The lowest BCUT2D eigenvalue weighted by atomic mass is 10.0. The van der Waals surface area contributed by atoms with Crippen molar-refractivity contribution >= 4 is 16.9 Å². The number of benzene rings is 1. The number of carbonyl (C=O) groups is 1. The van der Waals surface area contributed by atoms with E-state index in [-0.39, 0.29) is 6.03 Å². The van der Waals surface area contributed by atoms with E-state index in [2.05, 4.69) is 35.4 Å². The molecule has 2 amide bonds. The van der Waals surface area contributed by atoms with Crippen LogP contribution in [0.3, 0.4) is 0 Å². The van der Waals surface area contributed by atoms with E-state index in [1.807, 2.05) is 11.0 Å². The van der Waals surface area contributed by atoms with E-state index in [0.29, 0.717) is 6.54 Å². The number of aromatic amines is 1. The average molecular weight is 257 g/mol. The molecule has 0 saturated carbocycles. The van der Waals surface area contributed by atoms with Crippen molar-refractivity contribution < 1.29 is 4.79 Å². The number of rotatable bonds is 2. The van der Waals surface area contributed by atoms with Gasteiger partial charge in [0.05, 0.1) is 6.54 Å². The van der Waals surface area contributed by atoms with Gasteiger partial charge >= 0.3 is 6.03 Å². The van der Waals surface area contributed by atoms with Crippen LogP contribution in [0.2, 0.25) is 0 Å². The molecule has 19 heavy (non-hydrogen) atoms. The van der Waals surface area contributed by atoms with E-state index in [1.165, 1.54) is 22.2 Å². The van der Waals surface area contributed by atoms with Crippen LogP contribution in [0.4, 0.5) is 4.79 Å². The second-order valence-corrected chi connectivity index (χ2v) is 5.03. The van der Waals surface area contributed by atoms with E-state index in [1.54, 1.807) is 0 Å². The number of amides is 2. The van der Waals surface area contributed by atoms with Gasteiger partial charge in [-0.25, -0.2) is 4.79 Å².